The summed E-state index contributed by atoms with van der Waals surface area (Å²) in [7, 11) is -1.42. The first-order valence-electron chi connectivity index (χ1n) is 7.86. The Kier molecular flexibility index (Phi) is 6.48. The zero-order valence-electron chi connectivity index (χ0n) is 13.9. The molecule has 1 aromatic rings. The number of halogens is 1. The van der Waals surface area contributed by atoms with Gasteiger partial charge in [0.05, 0.1) is 12.8 Å². The van der Waals surface area contributed by atoms with Crippen molar-refractivity contribution in [3.8, 4) is 5.75 Å². The molecule has 0 spiro atoms. The van der Waals surface area contributed by atoms with E-state index in [1.807, 2.05) is 0 Å². The highest BCUT2D eigenvalue weighted by molar-refractivity contribution is 7.88. The van der Waals surface area contributed by atoms with E-state index in [-0.39, 0.29) is 11.8 Å². The van der Waals surface area contributed by atoms with Crippen molar-refractivity contribution in [1.29, 1.82) is 0 Å². The van der Waals surface area contributed by atoms with E-state index in [1.165, 1.54) is 10.6 Å². The Labute approximate surface area is 148 Å². The van der Waals surface area contributed by atoms with Gasteiger partial charge in [0.2, 0.25) is 15.9 Å². The summed E-state index contributed by atoms with van der Waals surface area (Å²) in [5.74, 6) is 0.632. The Morgan fingerprint density at radius 2 is 1.88 bits per heavy atom. The minimum atomic E-state index is -3.16. The maximum absolute atomic E-state index is 12.4. The van der Waals surface area contributed by atoms with Crippen molar-refractivity contribution < 1.29 is 17.9 Å². The fourth-order valence-electron chi connectivity index (χ4n) is 2.69. The van der Waals surface area contributed by atoms with E-state index in [0.29, 0.717) is 49.9 Å². The van der Waals surface area contributed by atoms with Crippen LogP contribution in [0.2, 0.25) is 5.02 Å². The predicted molar refractivity (Wildman–Crippen MR) is 93.7 cm³/mol. The molecule has 0 bridgehead atoms. The molecule has 0 aromatic heterocycles. The first-order chi connectivity index (χ1) is 11.3. The standard InChI is InChI=1S/C16H23ClN2O4S/c1-18(11-12-23-15-5-3-14(17)4-6-15)16(20)13-7-9-19(10-8-13)24(2,21)22/h3-6,13H,7-12H2,1-2H3. The van der Waals surface area contributed by atoms with E-state index in [1.54, 1.807) is 36.2 Å². The van der Waals surface area contributed by atoms with Gasteiger partial charge in [-0.05, 0) is 37.1 Å². The summed E-state index contributed by atoms with van der Waals surface area (Å²) in [5.41, 5.74) is 0. The second kappa shape index (κ2) is 8.18. The van der Waals surface area contributed by atoms with Crippen molar-refractivity contribution in [2.75, 3.05) is 39.5 Å². The van der Waals surface area contributed by atoms with Crippen molar-refractivity contribution >= 4 is 27.5 Å². The number of nitrogens with zero attached hydrogens (tertiary/aromatic N) is 2. The lowest BCUT2D eigenvalue weighted by Gasteiger charge is -2.31. The van der Waals surface area contributed by atoms with Gasteiger partial charge in [-0.2, -0.15) is 0 Å². The number of benzene rings is 1. The Morgan fingerprint density at radius 3 is 2.42 bits per heavy atom. The second-order valence-electron chi connectivity index (χ2n) is 6.00. The molecule has 1 heterocycles. The average Bonchev–Trinajstić information content (AvgIpc) is 2.55. The number of ether oxygens (including phenoxy) is 1. The van der Waals surface area contributed by atoms with Crippen LogP contribution < -0.4 is 4.74 Å². The van der Waals surface area contributed by atoms with E-state index in [2.05, 4.69) is 0 Å². The molecule has 0 N–H and O–H groups in total. The summed E-state index contributed by atoms with van der Waals surface area (Å²) < 4.78 is 30.0. The minimum Gasteiger partial charge on any atom is -0.492 e. The van der Waals surface area contributed by atoms with Crippen molar-refractivity contribution in [1.82, 2.24) is 9.21 Å². The van der Waals surface area contributed by atoms with E-state index in [9.17, 15) is 13.2 Å². The SMILES string of the molecule is CN(CCOc1ccc(Cl)cc1)C(=O)C1CCN(S(C)(=O)=O)CC1. The molecule has 6 nitrogen and oxygen atoms in total. The van der Waals surface area contributed by atoms with Crippen molar-refractivity contribution in [2.24, 2.45) is 5.92 Å². The molecule has 134 valence electrons. The van der Waals surface area contributed by atoms with Gasteiger partial charge in [-0.1, -0.05) is 11.6 Å². The van der Waals surface area contributed by atoms with Gasteiger partial charge in [0.15, 0.2) is 0 Å². The number of hydrogen-bond acceptors (Lipinski definition) is 4. The summed E-state index contributed by atoms with van der Waals surface area (Å²) in [4.78, 5) is 14.1. The normalized spacial score (nSPS) is 16.8. The summed E-state index contributed by atoms with van der Waals surface area (Å²) in [5, 5.41) is 0.648. The Bertz CT molecular complexity index is 655. The molecule has 1 fully saturated rings. The molecular weight excluding hydrogens is 352 g/mol. The lowest BCUT2D eigenvalue weighted by atomic mass is 9.97. The van der Waals surface area contributed by atoms with Crippen LogP contribution in [0.4, 0.5) is 0 Å². The van der Waals surface area contributed by atoms with Crippen LogP contribution in [0.1, 0.15) is 12.8 Å². The van der Waals surface area contributed by atoms with Crippen LogP contribution >= 0.6 is 11.6 Å². The van der Waals surface area contributed by atoms with Gasteiger partial charge in [0.25, 0.3) is 0 Å². The number of rotatable bonds is 6. The Hall–Kier alpha value is -1.31. The topological polar surface area (TPSA) is 66.9 Å². The highest BCUT2D eigenvalue weighted by Gasteiger charge is 2.30. The molecule has 0 radical (unpaired) electrons. The molecule has 0 unspecified atom stereocenters. The molecule has 1 aromatic carbocycles. The summed E-state index contributed by atoms with van der Waals surface area (Å²) in [6, 6.07) is 7.07. The fraction of sp³-hybridized carbons (Fsp3) is 0.562. The third kappa shape index (κ3) is 5.36. The fourth-order valence-corrected chi connectivity index (χ4v) is 3.69. The molecule has 1 aliphatic rings. The number of hydrogen-bond donors (Lipinski definition) is 0. The van der Waals surface area contributed by atoms with E-state index < -0.39 is 10.0 Å². The van der Waals surface area contributed by atoms with Crippen molar-refractivity contribution in [3.05, 3.63) is 29.3 Å². The third-order valence-corrected chi connectivity index (χ3v) is 5.71. The van der Waals surface area contributed by atoms with Gasteiger partial charge in [-0.25, -0.2) is 12.7 Å². The number of carbonyl (C=O) groups excluding carboxylic acids is 1. The van der Waals surface area contributed by atoms with Crippen LogP contribution in [0.3, 0.4) is 0 Å². The molecule has 0 aliphatic carbocycles. The van der Waals surface area contributed by atoms with E-state index >= 15 is 0 Å². The minimum absolute atomic E-state index is 0.0443. The molecule has 1 aliphatic heterocycles. The maximum atomic E-state index is 12.4. The molecule has 1 saturated heterocycles. The van der Waals surface area contributed by atoms with Crippen LogP contribution in [0.25, 0.3) is 0 Å². The molecule has 24 heavy (non-hydrogen) atoms. The largest absolute Gasteiger partial charge is 0.492 e. The summed E-state index contributed by atoms with van der Waals surface area (Å²) >= 11 is 5.81. The number of piperidine rings is 1. The van der Waals surface area contributed by atoms with Gasteiger partial charge in [0, 0.05) is 31.1 Å². The van der Waals surface area contributed by atoms with Crippen LogP contribution in [0, 0.1) is 5.92 Å². The van der Waals surface area contributed by atoms with E-state index in [0.717, 1.165) is 0 Å². The monoisotopic (exact) mass is 374 g/mol. The quantitative estimate of drug-likeness (QED) is 0.762. The van der Waals surface area contributed by atoms with Crippen LogP contribution in [-0.4, -0.2) is 63.1 Å². The number of likely N-dealkylation sites (N-methyl/N-ethyl adjacent to an activating group) is 1. The lowest BCUT2D eigenvalue weighted by Crippen LogP contribution is -2.43. The molecule has 2 rings (SSSR count). The number of sulfonamides is 1. The molecule has 0 saturated carbocycles. The first-order valence-corrected chi connectivity index (χ1v) is 10.1. The smallest absolute Gasteiger partial charge is 0.225 e. The molecule has 1 amide bonds. The van der Waals surface area contributed by atoms with Gasteiger partial charge in [-0.3, -0.25) is 4.79 Å². The maximum Gasteiger partial charge on any atom is 0.225 e. The molecular formula is C16H23ClN2O4S. The molecule has 0 atom stereocenters. The average molecular weight is 375 g/mol. The van der Waals surface area contributed by atoms with Crippen molar-refractivity contribution in [3.63, 3.8) is 0 Å². The summed E-state index contributed by atoms with van der Waals surface area (Å²) in [6.07, 6.45) is 2.33. The third-order valence-electron chi connectivity index (χ3n) is 4.16. The highest BCUT2D eigenvalue weighted by Crippen LogP contribution is 2.21. The van der Waals surface area contributed by atoms with Gasteiger partial charge < -0.3 is 9.64 Å². The Balaban J connectivity index is 1.75. The van der Waals surface area contributed by atoms with E-state index in [4.69, 9.17) is 16.3 Å². The zero-order chi connectivity index (χ0) is 17.7. The first kappa shape index (κ1) is 19.0. The van der Waals surface area contributed by atoms with Crippen LogP contribution in [0.5, 0.6) is 5.75 Å². The predicted octanol–water partition coefficient (Wildman–Crippen LogP) is 1.85. The van der Waals surface area contributed by atoms with Crippen LogP contribution in [0.15, 0.2) is 24.3 Å². The number of carbonyl (C=O) groups is 1. The van der Waals surface area contributed by atoms with Gasteiger partial charge >= 0.3 is 0 Å². The number of amides is 1. The van der Waals surface area contributed by atoms with Gasteiger partial charge in [0.1, 0.15) is 12.4 Å². The zero-order valence-corrected chi connectivity index (χ0v) is 15.5. The summed E-state index contributed by atoms with van der Waals surface area (Å²) in [6.45, 7) is 1.69. The molecule has 8 heteroatoms. The van der Waals surface area contributed by atoms with Crippen molar-refractivity contribution in [2.45, 2.75) is 12.8 Å². The second-order valence-corrected chi connectivity index (χ2v) is 8.42. The lowest BCUT2D eigenvalue weighted by molar-refractivity contribution is -0.135. The van der Waals surface area contributed by atoms with Crippen LogP contribution in [-0.2, 0) is 14.8 Å². The Morgan fingerprint density at radius 1 is 1.29 bits per heavy atom. The van der Waals surface area contributed by atoms with Gasteiger partial charge in [-0.15, -0.1) is 0 Å². The highest BCUT2D eigenvalue weighted by atomic mass is 35.5.